The fourth-order valence-corrected chi connectivity index (χ4v) is 3.49. The Balaban J connectivity index is 1.70. The first kappa shape index (κ1) is 19.7. The minimum absolute atomic E-state index is 0.00796. The van der Waals surface area contributed by atoms with E-state index in [9.17, 15) is 17.6 Å². The van der Waals surface area contributed by atoms with Crippen LogP contribution in [0.5, 0.6) is 0 Å². The van der Waals surface area contributed by atoms with Crippen LogP contribution in [0.1, 0.15) is 5.56 Å². The van der Waals surface area contributed by atoms with Gasteiger partial charge in [-0.3, -0.25) is 9.48 Å². The SMILES string of the molecule is NS(=O)(=O)c1ccc(Cn2ccc(=O)c(-c3ccnn3-c3ccccc3F)n2)cc1. The first-order valence-electron chi connectivity index (χ1n) is 8.82. The molecule has 0 atom stereocenters. The van der Waals surface area contributed by atoms with Gasteiger partial charge in [-0.25, -0.2) is 22.6 Å². The van der Waals surface area contributed by atoms with Crippen molar-refractivity contribution in [3.63, 3.8) is 0 Å². The summed E-state index contributed by atoms with van der Waals surface area (Å²) in [6, 6.07) is 15.1. The molecular weight excluding hydrogens is 409 g/mol. The summed E-state index contributed by atoms with van der Waals surface area (Å²) in [6.07, 6.45) is 2.98. The number of benzene rings is 2. The Morgan fingerprint density at radius 3 is 2.43 bits per heavy atom. The van der Waals surface area contributed by atoms with Gasteiger partial charge in [-0.15, -0.1) is 0 Å². The molecule has 0 fully saturated rings. The van der Waals surface area contributed by atoms with Gasteiger partial charge in [0.05, 0.1) is 23.3 Å². The number of nitrogens with zero attached hydrogens (tertiary/aromatic N) is 4. The van der Waals surface area contributed by atoms with Gasteiger partial charge in [0.15, 0.2) is 5.69 Å². The van der Waals surface area contributed by atoms with Gasteiger partial charge in [-0.1, -0.05) is 24.3 Å². The summed E-state index contributed by atoms with van der Waals surface area (Å²) in [7, 11) is -3.77. The van der Waals surface area contributed by atoms with Crippen molar-refractivity contribution in [1.82, 2.24) is 19.6 Å². The molecule has 0 aliphatic heterocycles. The molecule has 2 heterocycles. The number of halogens is 1. The second-order valence-corrected chi connectivity index (χ2v) is 8.06. The van der Waals surface area contributed by atoms with Crippen LogP contribution < -0.4 is 10.6 Å². The van der Waals surface area contributed by atoms with E-state index in [-0.39, 0.29) is 28.3 Å². The second kappa shape index (κ2) is 7.65. The van der Waals surface area contributed by atoms with Gasteiger partial charge in [-0.05, 0) is 35.9 Å². The predicted molar refractivity (Wildman–Crippen MR) is 108 cm³/mol. The zero-order valence-corrected chi connectivity index (χ0v) is 16.3. The molecule has 8 nitrogen and oxygen atoms in total. The summed E-state index contributed by atoms with van der Waals surface area (Å²) in [5.74, 6) is -0.478. The van der Waals surface area contributed by atoms with E-state index in [2.05, 4.69) is 10.2 Å². The molecule has 2 aromatic carbocycles. The van der Waals surface area contributed by atoms with Crippen LogP contribution in [0.3, 0.4) is 0 Å². The summed E-state index contributed by atoms with van der Waals surface area (Å²) in [4.78, 5) is 12.5. The molecule has 0 saturated heterocycles. The van der Waals surface area contributed by atoms with E-state index in [1.807, 2.05) is 0 Å². The third kappa shape index (κ3) is 3.91. The van der Waals surface area contributed by atoms with Gasteiger partial charge < -0.3 is 0 Å². The van der Waals surface area contributed by atoms with Gasteiger partial charge in [0.2, 0.25) is 15.5 Å². The topological polar surface area (TPSA) is 113 Å². The predicted octanol–water partition coefficient (Wildman–Crippen LogP) is 1.93. The summed E-state index contributed by atoms with van der Waals surface area (Å²) < 4.78 is 39.8. The number of hydrogen-bond acceptors (Lipinski definition) is 5. The van der Waals surface area contributed by atoms with Crippen molar-refractivity contribution in [3.05, 3.63) is 94.7 Å². The Bertz CT molecular complexity index is 1380. The number of hydrogen-bond donors (Lipinski definition) is 1. The number of aromatic nitrogens is 4. The van der Waals surface area contributed by atoms with Crippen LogP contribution in [0.15, 0.2) is 82.7 Å². The highest BCUT2D eigenvalue weighted by molar-refractivity contribution is 7.89. The summed E-state index contributed by atoms with van der Waals surface area (Å²) in [5.41, 5.74) is 1.08. The van der Waals surface area contributed by atoms with Crippen molar-refractivity contribution < 1.29 is 12.8 Å². The molecule has 0 radical (unpaired) electrons. The molecule has 0 amide bonds. The monoisotopic (exact) mass is 425 g/mol. The number of nitrogens with two attached hydrogens (primary N) is 1. The standard InChI is InChI=1S/C20H16FN5O3S/c21-16-3-1-2-4-17(16)26-18(9-11-23-26)20-19(27)10-12-25(24-20)13-14-5-7-15(8-6-14)30(22,28)29/h1-12H,13H2,(H2,22,28,29). The lowest BCUT2D eigenvalue weighted by molar-refractivity contribution is 0.597. The van der Waals surface area contributed by atoms with E-state index in [4.69, 9.17) is 5.14 Å². The molecule has 0 aliphatic rings. The molecule has 2 aromatic heterocycles. The van der Waals surface area contributed by atoms with Gasteiger partial charge >= 0.3 is 0 Å². The van der Waals surface area contributed by atoms with E-state index >= 15 is 0 Å². The van der Waals surface area contributed by atoms with Crippen LogP contribution in [-0.4, -0.2) is 28.0 Å². The van der Waals surface area contributed by atoms with Crippen molar-refractivity contribution in [3.8, 4) is 17.1 Å². The lowest BCUT2D eigenvalue weighted by Crippen LogP contribution is -2.16. The molecule has 0 unspecified atom stereocenters. The maximum absolute atomic E-state index is 14.2. The van der Waals surface area contributed by atoms with Crippen molar-refractivity contribution in [1.29, 1.82) is 0 Å². The number of primary sulfonamides is 1. The molecule has 0 spiro atoms. The lowest BCUT2D eigenvalue weighted by Gasteiger charge is -2.10. The first-order chi connectivity index (χ1) is 14.3. The zero-order chi connectivity index (χ0) is 21.3. The Labute approximate surface area is 171 Å². The number of rotatable bonds is 5. The maximum Gasteiger partial charge on any atom is 0.238 e. The van der Waals surface area contributed by atoms with Gasteiger partial charge in [-0.2, -0.15) is 10.2 Å². The van der Waals surface area contributed by atoms with E-state index in [1.54, 1.807) is 36.4 Å². The zero-order valence-electron chi connectivity index (χ0n) is 15.5. The minimum Gasteiger partial charge on any atom is -0.287 e. The number of para-hydroxylation sites is 1. The molecule has 2 N–H and O–H groups in total. The van der Waals surface area contributed by atoms with E-state index in [0.717, 1.165) is 5.56 Å². The van der Waals surface area contributed by atoms with Gasteiger partial charge in [0.25, 0.3) is 0 Å². The molecule has 0 saturated carbocycles. The van der Waals surface area contributed by atoms with Crippen LogP contribution in [-0.2, 0) is 16.6 Å². The minimum atomic E-state index is -3.77. The smallest absolute Gasteiger partial charge is 0.238 e. The summed E-state index contributed by atoms with van der Waals surface area (Å²) >= 11 is 0. The fraction of sp³-hybridized carbons (Fsp3) is 0.0500. The quantitative estimate of drug-likeness (QED) is 0.525. The summed E-state index contributed by atoms with van der Waals surface area (Å²) in [5, 5.41) is 13.6. The Kier molecular flexibility index (Phi) is 5.02. The van der Waals surface area contributed by atoms with E-state index in [0.29, 0.717) is 5.69 Å². The van der Waals surface area contributed by atoms with Crippen LogP contribution in [0, 0.1) is 5.82 Å². The molecule has 4 aromatic rings. The molecule has 10 heteroatoms. The first-order valence-corrected chi connectivity index (χ1v) is 10.4. The largest absolute Gasteiger partial charge is 0.287 e. The fourth-order valence-electron chi connectivity index (χ4n) is 2.98. The van der Waals surface area contributed by atoms with E-state index in [1.165, 1.54) is 46.0 Å². The second-order valence-electron chi connectivity index (χ2n) is 6.49. The molecule has 152 valence electrons. The maximum atomic E-state index is 14.2. The third-order valence-electron chi connectivity index (χ3n) is 4.42. The van der Waals surface area contributed by atoms with Crippen molar-refractivity contribution >= 4 is 10.0 Å². The van der Waals surface area contributed by atoms with Gasteiger partial charge in [0.1, 0.15) is 11.5 Å². The molecule has 0 bridgehead atoms. The highest BCUT2D eigenvalue weighted by Gasteiger charge is 2.15. The van der Waals surface area contributed by atoms with Crippen molar-refractivity contribution in [2.24, 2.45) is 5.14 Å². The van der Waals surface area contributed by atoms with Crippen molar-refractivity contribution in [2.75, 3.05) is 0 Å². The molecule has 30 heavy (non-hydrogen) atoms. The normalized spacial score (nSPS) is 11.5. The average molecular weight is 425 g/mol. The Morgan fingerprint density at radius 1 is 1.00 bits per heavy atom. The van der Waals surface area contributed by atoms with Crippen molar-refractivity contribution in [2.45, 2.75) is 11.4 Å². The van der Waals surface area contributed by atoms with Crippen LogP contribution >= 0.6 is 0 Å². The third-order valence-corrected chi connectivity index (χ3v) is 5.35. The van der Waals surface area contributed by atoms with Crippen LogP contribution in [0.2, 0.25) is 0 Å². The molecule has 4 rings (SSSR count). The van der Waals surface area contributed by atoms with Crippen LogP contribution in [0.25, 0.3) is 17.1 Å². The molecular formula is C20H16FN5O3S. The van der Waals surface area contributed by atoms with Gasteiger partial charge in [0, 0.05) is 12.3 Å². The average Bonchev–Trinajstić information content (AvgIpc) is 3.19. The summed E-state index contributed by atoms with van der Waals surface area (Å²) in [6.45, 7) is 0.284. The highest BCUT2D eigenvalue weighted by Crippen LogP contribution is 2.20. The highest BCUT2D eigenvalue weighted by atomic mass is 32.2. The van der Waals surface area contributed by atoms with Crippen LogP contribution in [0.4, 0.5) is 4.39 Å². The Hall–Kier alpha value is -3.63. The van der Waals surface area contributed by atoms with E-state index < -0.39 is 15.8 Å². The Morgan fingerprint density at radius 2 is 1.73 bits per heavy atom. The lowest BCUT2D eigenvalue weighted by atomic mass is 10.2. The number of sulfonamides is 1. The molecule has 0 aliphatic carbocycles.